The molecule has 0 saturated carbocycles. The molecule has 0 heterocycles. The SMILES string of the molecule is CCOCCS(=O)(=O)NC(C)C(C)C(=O)O. The molecule has 0 rings (SSSR count). The molecular weight excluding hydrogens is 234 g/mol. The summed E-state index contributed by atoms with van der Waals surface area (Å²) in [5.41, 5.74) is 0. The zero-order valence-corrected chi connectivity index (χ0v) is 10.6. The van der Waals surface area contributed by atoms with Crippen LogP contribution in [0, 0.1) is 5.92 Å². The Hall–Kier alpha value is -0.660. The lowest BCUT2D eigenvalue weighted by Crippen LogP contribution is -2.41. The number of carboxylic acids is 1. The van der Waals surface area contributed by atoms with E-state index in [4.69, 9.17) is 9.84 Å². The lowest BCUT2D eigenvalue weighted by atomic mass is 10.1. The minimum atomic E-state index is -3.47. The third-order valence-corrected chi connectivity index (χ3v) is 3.64. The van der Waals surface area contributed by atoms with Gasteiger partial charge in [-0.3, -0.25) is 4.79 Å². The van der Waals surface area contributed by atoms with Crippen LogP contribution in [-0.4, -0.2) is 44.5 Å². The van der Waals surface area contributed by atoms with E-state index in [1.807, 2.05) is 0 Å². The van der Waals surface area contributed by atoms with Crippen LogP contribution in [0.4, 0.5) is 0 Å². The van der Waals surface area contributed by atoms with Crippen LogP contribution >= 0.6 is 0 Å². The summed E-state index contributed by atoms with van der Waals surface area (Å²) in [5, 5.41) is 8.70. The highest BCUT2D eigenvalue weighted by Gasteiger charge is 2.23. The van der Waals surface area contributed by atoms with Crippen molar-refractivity contribution in [1.82, 2.24) is 4.72 Å². The van der Waals surface area contributed by atoms with Crippen molar-refractivity contribution in [3.63, 3.8) is 0 Å². The van der Waals surface area contributed by atoms with Gasteiger partial charge in [0.05, 0.1) is 18.3 Å². The van der Waals surface area contributed by atoms with Crippen molar-refractivity contribution >= 4 is 16.0 Å². The average Bonchev–Trinajstić information content (AvgIpc) is 2.15. The summed E-state index contributed by atoms with van der Waals surface area (Å²) in [4.78, 5) is 10.6. The molecule has 2 atom stereocenters. The molecule has 0 amide bonds. The molecule has 0 bridgehead atoms. The first-order valence-electron chi connectivity index (χ1n) is 5.10. The zero-order chi connectivity index (χ0) is 12.8. The summed E-state index contributed by atoms with van der Waals surface area (Å²) in [5.74, 6) is -1.95. The molecule has 0 radical (unpaired) electrons. The molecule has 2 N–H and O–H groups in total. The predicted octanol–water partition coefficient (Wildman–Crippen LogP) is 0.0515. The lowest BCUT2D eigenvalue weighted by Gasteiger charge is -2.17. The average molecular weight is 253 g/mol. The van der Waals surface area contributed by atoms with Crippen LogP contribution in [0.3, 0.4) is 0 Å². The first-order chi connectivity index (χ1) is 7.30. The number of ether oxygens (including phenoxy) is 1. The van der Waals surface area contributed by atoms with Crippen molar-refractivity contribution in [2.24, 2.45) is 5.92 Å². The van der Waals surface area contributed by atoms with Crippen molar-refractivity contribution in [2.75, 3.05) is 19.0 Å². The molecule has 7 heteroatoms. The summed E-state index contributed by atoms with van der Waals surface area (Å²) in [6.45, 7) is 5.32. The molecule has 0 aliphatic carbocycles. The second-order valence-corrected chi connectivity index (χ2v) is 5.42. The molecule has 2 unspecified atom stereocenters. The maximum atomic E-state index is 11.5. The molecule has 0 aromatic carbocycles. The van der Waals surface area contributed by atoms with E-state index in [2.05, 4.69) is 4.72 Å². The molecule has 96 valence electrons. The van der Waals surface area contributed by atoms with Crippen LogP contribution in [0.1, 0.15) is 20.8 Å². The van der Waals surface area contributed by atoms with E-state index >= 15 is 0 Å². The molecule has 0 spiro atoms. The van der Waals surface area contributed by atoms with Gasteiger partial charge in [0.1, 0.15) is 0 Å². The van der Waals surface area contributed by atoms with Crippen LogP contribution in [-0.2, 0) is 19.6 Å². The first kappa shape index (κ1) is 15.3. The number of nitrogens with one attached hydrogen (secondary N) is 1. The lowest BCUT2D eigenvalue weighted by molar-refractivity contribution is -0.141. The summed E-state index contributed by atoms with van der Waals surface area (Å²) >= 11 is 0. The predicted molar refractivity (Wildman–Crippen MR) is 59.7 cm³/mol. The highest BCUT2D eigenvalue weighted by Crippen LogP contribution is 2.04. The summed E-state index contributed by atoms with van der Waals surface area (Å²) in [7, 11) is -3.47. The van der Waals surface area contributed by atoms with Gasteiger partial charge in [0.25, 0.3) is 0 Å². The minimum absolute atomic E-state index is 0.111. The second-order valence-electron chi connectivity index (χ2n) is 3.55. The smallest absolute Gasteiger partial charge is 0.307 e. The molecule has 0 aliphatic heterocycles. The topological polar surface area (TPSA) is 92.7 Å². The number of carboxylic acid groups (broad SMARTS) is 1. The minimum Gasteiger partial charge on any atom is -0.481 e. The third kappa shape index (κ3) is 6.04. The number of hydrogen-bond donors (Lipinski definition) is 2. The van der Waals surface area contributed by atoms with Crippen molar-refractivity contribution < 1.29 is 23.1 Å². The number of rotatable bonds is 8. The highest BCUT2D eigenvalue weighted by molar-refractivity contribution is 7.89. The quantitative estimate of drug-likeness (QED) is 0.596. The number of hydrogen-bond acceptors (Lipinski definition) is 4. The summed E-state index contributed by atoms with van der Waals surface area (Å²) < 4.78 is 30.1. The Morgan fingerprint density at radius 3 is 2.44 bits per heavy atom. The van der Waals surface area contributed by atoms with Crippen LogP contribution in [0.15, 0.2) is 0 Å². The van der Waals surface area contributed by atoms with Crippen molar-refractivity contribution in [3.05, 3.63) is 0 Å². The van der Waals surface area contributed by atoms with Gasteiger partial charge in [-0.25, -0.2) is 13.1 Å². The van der Waals surface area contributed by atoms with Crippen LogP contribution < -0.4 is 4.72 Å². The number of carbonyl (C=O) groups is 1. The molecule has 0 saturated heterocycles. The molecule has 0 aromatic rings. The van der Waals surface area contributed by atoms with E-state index in [1.165, 1.54) is 13.8 Å². The van der Waals surface area contributed by atoms with Crippen molar-refractivity contribution in [2.45, 2.75) is 26.8 Å². The summed E-state index contributed by atoms with van der Waals surface area (Å²) in [6.07, 6.45) is 0. The highest BCUT2D eigenvalue weighted by atomic mass is 32.2. The second kappa shape index (κ2) is 6.82. The normalized spacial score (nSPS) is 15.7. The zero-order valence-electron chi connectivity index (χ0n) is 9.76. The third-order valence-electron chi connectivity index (χ3n) is 2.21. The van der Waals surface area contributed by atoms with Crippen LogP contribution in [0.2, 0.25) is 0 Å². The van der Waals surface area contributed by atoms with E-state index in [1.54, 1.807) is 6.92 Å². The van der Waals surface area contributed by atoms with Gasteiger partial charge in [-0.05, 0) is 13.8 Å². The largest absolute Gasteiger partial charge is 0.481 e. The Labute approximate surface area is 96.0 Å². The van der Waals surface area contributed by atoms with Gasteiger partial charge in [0, 0.05) is 12.6 Å². The monoisotopic (exact) mass is 253 g/mol. The Morgan fingerprint density at radius 2 is 2.00 bits per heavy atom. The van der Waals surface area contributed by atoms with Gasteiger partial charge in [-0.15, -0.1) is 0 Å². The van der Waals surface area contributed by atoms with Gasteiger partial charge in [0.15, 0.2) is 0 Å². The molecule has 6 nitrogen and oxygen atoms in total. The van der Waals surface area contributed by atoms with Crippen molar-refractivity contribution in [1.29, 1.82) is 0 Å². The number of aliphatic carboxylic acids is 1. The molecule has 0 aliphatic rings. The van der Waals surface area contributed by atoms with Gasteiger partial charge in [-0.1, -0.05) is 6.92 Å². The fraction of sp³-hybridized carbons (Fsp3) is 0.889. The fourth-order valence-corrected chi connectivity index (χ4v) is 2.20. The fourth-order valence-electron chi connectivity index (χ4n) is 0.971. The van der Waals surface area contributed by atoms with Gasteiger partial charge < -0.3 is 9.84 Å². The van der Waals surface area contributed by atoms with Crippen LogP contribution in [0.25, 0.3) is 0 Å². The molecule has 16 heavy (non-hydrogen) atoms. The Bertz CT molecular complexity index is 314. The van der Waals surface area contributed by atoms with E-state index in [0.717, 1.165) is 0 Å². The molecule has 0 aromatic heterocycles. The van der Waals surface area contributed by atoms with E-state index in [9.17, 15) is 13.2 Å². The first-order valence-corrected chi connectivity index (χ1v) is 6.76. The van der Waals surface area contributed by atoms with E-state index < -0.39 is 28.0 Å². The summed E-state index contributed by atoms with van der Waals surface area (Å²) in [6, 6.07) is -0.635. The number of sulfonamides is 1. The van der Waals surface area contributed by atoms with Crippen molar-refractivity contribution in [3.8, 4) is 0 Å². The van der Waals surface area contributed by atoms with E-state index in [-0.39, 0.29) is 12.4 Å². The Balaban J connectivity index is 4.20. The Kier molecular flexibility index (Phi) is 6.54. The van der Waals surface area contributed by atoms with Crippen LogP contribution in [0.5, 0.6) is 0 Å². The molecule has 0 fully saturated rings. The van der Waals surface area contributed by atoms with Gasteiger partial charge in [0.2, 0.25) is 10.0 Å². The van der Waals surface area contributed by atoms with Gasteiger partial charge >= 0.3 is 5.97 Å². The Morgan fingerprint density at radius 1 is 1.44 bits per heavy atom. The standard InChI is InChI=1S/C9H19NO5S/c1-4-15-5-6-16(13,14)10-8(3)7(2)9(11)12/h7-8,10H,4-6H2,1-3H3,(H,11,12). The van der Waals surface area contributed by atoms with E-state index in [0.29, 0.717) is 6.61 Å². The maximum absolute atomic E-state index is 11.5. The van der Waals surface area contributed by atoms with Gasteiger partial charge in [-0.2, -0.15) is 0 Å². The molecular formula is C9H19NO5S. The maximum Gasteiger partial charge on any atom is 0.307 e.